The van der Waals surface area contributed by atoms with Crippen LogP contribution in [-0.2, 0) is 16.5 Å². The molecular formula is C12H14N4OS2. The Morgan fingerprint density at radius 2 is 1.16 bits per heavy atom. The molecule has 19 heavy (non-hydrogen) atoms. The predicted molar refractivity (Wildman–Crippen MR) is 77.5 cm³/mol. The van der Waals surface area contributed by atoms with Crippen LogP contribution >= 0.6 is 24.1 Å². The van der Waals surface area contributed by atoms with Gasteiger partial charge in [0.2, 0.25) is 0 Å². The Labute approximate surface area is 121 Å². The zero-order valence-corrected chi connectivity index (χ0v) is 11.9. The van der Waals surface area contributed by atoms with Gasteiger partial charge in [0, 0.05) is 73.2 Å². The summed E-state index contributed by atoms with van der Waals surface area (Å²) in [7, 11) is 0. The molecule has 0 aliphatic carbocycles. The molecule has 0 amide bonds. The highest BCUT2D eigenvalue weighted by molar-refractivity contribution is 8.07. The molecule has 7 heteroatoms. The first-order chi connectivity index (χ1) is 9.45. The molecule has 0 spiro atoms. The fraction of sp³-hybridized carbons (Fsp3) is 0.333. The minimum Gasteiger partial charge on any atom is -0.247 e. The van der Waals surface area contributed by atoms with E-state index in [1.165, 1.54) is 24.1 Å². The van der Waals surface area contributed by atoms with Gasteiger partial charge in [-0.15, -0.1) is 0 Å². The zero-order valence-electron chi connectivity index (χ0n) is 10.3. The standard InChI is InChI=1S/C12H14N4OS2/c1-5-13-11(14-6-1)3-9-18-17-19-10-4-12-15-7-2-8-16-12/h1-2,5-8H,3-4,9-10H2. The third kappa shape index (κ3) is 6.00. The third-order valence-electron chi connectivity index (χ3n) is 2.15. The fourth-order valence-electron chi connectivity index (χ4n) is 1.29. The van der Waals surface area contributed by atoms with Gasteiger partial charge in [0.25, 0.3) is 0 Å². The summed E-state index contributed by atoms with van der Waals surface area (Å²) in [6.07, 6.45) is 8.64. The van der Waals surface area contributed by atoms with Crippen LogP contribution in [0.4, 0.5) is 0 Å². The molecule has 0 saturated carbocycles. The van der Waals surface area contributed by atoms with Crippen LogP contribution < -0.4 is 0 Å². The first-order valence-electron chi connectivity index (χ1n) is 5.88. The number of hydrogen-bond donors (Lipinski definition) is 0. The molecular weight excluding hydrogens is 280 g/mol. The second-order valence-corrected chi connectivity index (χ2v) is 5.37. The molecule has 0 N–H and O–H groups in total. The molecule has 2 aromatic rings. The summed E-state index contributed by atoms with van der Waals surface area (Å²) >= 11 is 2.85. The van der Waals surface area contributed by atoms with Crippen molar-refractivity contribution >= 4 is 24.1 Å². The van der Waals surface area contributed by atoms with Crippen molar-refractivity contribution in [3.63, 3.8) is 0 Å². The number of aryl methyl sites for hydroxylation is 2. The zero-order chi connectivity index (χ0) is 13.2. The van der Waals surface area contributed by atoms with Gasteiger partial charge in [-0.1, -0.05) is 0 Å². The molecule has 2 heterocycles. The van der Waals surface area contributed by atoms with Crippen molar-refractivity contribution in [1.29, 1.82) is 0 Å². The van der Waals surface area contributed by atoms with Crippen LogP contribution in [0.25, 0.3) is 0 Å². The van der Waals surface area contributed by atoms with E-state index >= 15 is 0 Å². The van der Waals surface area contributed by atoms with E-state index in [-0.39, 0.29) is 0 Å². The molecule has 0 radical (unpaired) electrons. The van der Waals surface area contributed by atoms with Gasteiger partial charge in [-0.2, -0.15) is 0 Å². The Morgan fingerprint density at radius 3 is 1.58 bits per heavy atom. The van der Waals surface area contributed by atoms with Gasteiger partial charge < -0.3 is 0 Å². The number of nitrogens with zero attached hydrogens (tertiary/aromatic N) is 4. The van der Waals surface area contributed by atoms with Gasteiger partial charge >= 0.3 is 0 Å². The Hall–Kier alpha value is -1.18. The van der Waals surface area contributed by atoms with Crippen molar-refractivity contribution in [2.45, 2.75) is 12.8 Å². The normalized spacial score (nSPS) is 10.5. The summed E-state index contributed by atoms with van der Waals surface area (Å²) in [5, 5.41) is 0. The summed E-state index contributed by atoms with van der Waals surface area (Å²) in [5.74, 6) is 3.39. The maximum absolute atomic E-state index is 5.40. The molecule has 2 aromatic heterocycles. The first-order valence-corrected chi connectivity index (χ1v) is 7.70. The van der Waals surface area contributed by atoms with E-state index in [2.05, 4.69) is 19.9 Å². The van der Waals surface area contributed by atoms with E-state index in [4.69, 9.17) is 3.63 Å². The Kier molecular flexibility index (Phi) is 6.62. The van der Waals surface area contributed by atoms with Crippen LogP contribution in [0.1, 0.15) is 11.6 Å². The molecule has 0 unspecified atom stereocenters. The van der Waals surface area contributed by atoms with Crippen molar-refractivity contribution in [2.24, 2.45) is 0 Å². The molecule has 2 rings (SSSR count). The van der Waals surface area contributed by atoms with Crippen molar-refractivity contribution in [2.75, 3.05) is 11.5 Å². The van der Waals surface area contributed by atoms with E-state index < -0.39 is 0 Å². The molecule has 0 aliphatic heterocycles. The van der Waals surface area contributed by atoms with Gasteiger partial charge in [-0.3, -0.25) is 0 Å². The number of aromatic nitrogens is 4. The first kappa shape index (κ1) is 14.2. The minimum absolute atomic E-state index is 0.813. The van der Waals surface area contributed by atoms with Gasteiger partial charge in [-0.25, -0.2) is 23.6 Å². The molecule has 0 bridgehead atoms. The Bertz CT molecular complexity index is 414. The van der Waals surface area contributed by atoms with Crippen molar-refractivity contribution in [3.8, 4) is 0 Å². The van der Waals surface area contributed by atoms with Gasteiger partial charge in [0.1, 0.15) is 11.6 Å². The Morgan fingerprint density at radius 1 is 0.737 bits per heavy atom. The maximum Gasteiger partial charge on any atom is 0.129 e. The minimum atomic E-state index is 0.813. The summed E-state index contributed by atoms with van der Waals surface area (Å²) in [4.78, 5) is 16.6. The molecule has 0 atom stereocenters. The third-order valence-corrected chi connectivity index (χ3v) is 3.66. The van der Waals surface area contributed by atoms with Crippen LogP contribution in [0.2, 0.25) is 0 Å². The average molecular weight is 294 g/mol. The highest BCUT2D eigenvalue weighted by Gasteiger charge is 1.98. The fourth-order valence-corrected chi connectivity index (χ4v) is 2.63. The average Bonchev–Trinajstić information content (AvgIpc) is 2.48. The second kappa shape index (κ2) is 8.84. The highest BCUT2D eigenvalue weighted by Crippen LogP contribution is 2.16. The highest BCUT2D eigenvalue weighted by atomic mass is 32.2. The quantitative estimate of drug-likeness (QED) is 0.547. The summed E-state index contributed by atoms with van der Waals surface area (Å²) in [6, 6.07) is 3.63. The second-order valence-electron chi connectivity index (χ2n) is 3.54. The van der Waals surface area contributed by atoms with Crippen LogP contribution in [0, 0.1) is 0 Å². The smallest absolute Gasteiger partial charge is 0.129 e. The van der Waals surface area contributed by atoms with Gasteiger partial charge in [-0.05, 0) is 12.1 Å². The lowest BCUT2D eigenvalue weighted by atomic mass is 10.4. The molecule has 0 aromatic carbocycles. The molecule has 100 valence electrons. The summed E-state index contributed by atoms with van der Waals surface area (Å²) < 4.78 is 5.40. The largest absolute Gasteiger partial charge is 0.247 e. The van der Waals surface area contributed by atoms with E-state index in [0.29, 0.717) is 0 Å². The van der Waals surface area contributed by atoms with E-state index in [0.717, 1.165) is 36.0 Å². The van der Waals surface area contributed by atoms with Crippen LogP contribution in [0.15, 0.2) is 36.9 Å². The van der Waals surface area contributed by atoms with E-state index in [1.807, 2.05) is 12.1 Å². The summed E-state index contributed by atoms with van der Waals surface area (Å²) in [5.41, 5.74) is 0. The number of rotatable bonds is 8. The lowest BCUT2D eigenvalue weighted by Crippen LogP contribution is -1.96. The topological polar surface area (TPSA) is 60.8 Å². The lowest BCUT2D eigenvalue weighted by Gasteiger charge is -2.01. The van der Waals surface area contributed by atoms with Gasteiger partial charge in [0.05, 0.1) is 0 Å². The summed E-state index contributed by atoms with van der Waals surface area (Å²) in [6.45, 7) is 0. The van der Waals surface area contributed by atoms with Gasteiger partial charge in [0.15, 0.2) is 0 Å². The van der Waals surface area contributed by atoms with Crippen LogP contribution in [-0.4, -0.2) is 31.4 Å². The van der Waals surface area contributed by atoms with E-state index in [1.54, 1.807) is 24.8 Å². The van der Waals surface area contributed by atoms with Crippen LogP contribution in [0.3, 0.4) is 0 Å². The number of hydrogen-bond acceptors (Lipinski definition) is 7. The SMILES string of the molecule is c1cnc(CCSOSCCc2ncccn2)nc1. The maximum atomic E-state index is 5.40. The molecule has 0 aliphatic rings. The van der Waals surface area contributed by atoms with Crippen molar-refractivity contribution in [1.82, 2.24) is 19.9 Å². The van der Waals surface area contributed by atoms with Crippen molar-refractivity contribution < 1.29 is 3.63 Å². The molecule has 0 saturated heterocycles. The Balaban J connectivity index is 1.49. The van der Waals surface area contributed by atoms with E-state index in [9.17, 15) is 0 Å². The lowest BCUT2D eigenvalue weighted by molar-refractivity contribution is 0.748. The predicted octanol–water partition coefficient (Wildman–Crippen LogP) is 2.36. The molecule has 0 fully saturated rings. The van der Waals surface area contributed by atoms with Crippen molar-refractivity contribution in [3.05, 3.63) is 48.6 Å². The monoisotopic (exact) mass is 294 g/mol. The van der Waals surface area contributed by atoms with Crippen LogP contribution in [0.5, 0.6) is 0 Å². The molecule has 5 nitrogen and oxygen atoms in total.